The topological polar surface area (TPSA) is 66.6 Å². The summed E-state index contributed by atoms with van der Waals surface area (Å²) in [6.45, 7) is 5.90. The lowest BCUT2D eigenvalue weighted by molar-refractivity contribution is -0.134. The van der Waals surface area contributed by atoms with Gasteiger partial charge >= 0.3 is 0 Å². The van der Waals surface area contributed by atoms with Gasteiger partial charge in [-0.25, -0.2) is 0 Å². The number of nitrogens with two attached hydrogens (primary N) is 1. The molecule has 1 fully saturated rings. The van der Waals surface area contributed by atoms with Crippen molar-refractivity contribution in [2.75, 3.05) is 20.1 Å². The van der Waals surface area contributed by atoms with Gasteiger partial charge in [-0.2, -0.15) is 0 Å². The van der Waals surface area contributed by atoms with Gasteiger partial charge in [0.15, 0.2) is 0 Å². The van der Waals surface area contributed by atoms with E-state index in [1.54, 1.807) is 16.8 Å². The monoisotopic (exact) mass is 367 g/mol. The highest BCUT2D eigenvalue weighted by atomic mass is 35.5. The van der Waals surface area contributed by atoms with Gasteiger partial charge in [0.25, 0.3) is 0 Å². The summed E-state index contributed by atoms with van der Waals surface area (Å²) in [6, 6.07) is 9.98. The van der Waals surface area contributed by atoms with Crippen LogP contribution in [0.5, 0.6) is 0 Å². The molecule has 6 heteroatoms. The number of likely N-dealkylation sites (tertiary alicyclic amines) is 1. The van der Waals surface area contributed by atoms with E-state index in [0.717, 1.165) is 12.0 Å². The quantitative estimate of drug-likeness (QED) is 0.804. The largest absolute Gasteiger partial charge is 0.345 e. The van der Waals surface area contributed by atoms with E-state index in [9.17, 15) is 9.59 Å². The molecule has 2 unspecified atom stereocenters. The highest BCUT2D eigenvalue weighted by Gasteiger charge is 2.35. The Morgan fingerprint density at radius 3 is 2.56 bits per heavy atom. The Hall–Kier alpha value is -1.59. The van der Waals surface area contributed by atoms with Crippen LogP contribution in [0.3, 0.4) is 0 Å². The van der Waals surface area contributed by atoms with Crippen LogP contribution in [0.1, 0.15) is 32.3 Å². The maximum Gasteiger partial charge on any atom is 0.227 e. The highest BCUT2D eigenvalue weighted by molar-refractivity contribution is 5.89. The number of amides is 2. The van der Waals surface area contributed by atoms with Crippen molar-refractivity contribution in [2.45, 2.75) is 39.3 Å². The van der Waals surface area contributed by atoms with Crippen molar-refractivity contribution in [3.8, 4) is 0 Å². The molecule has 0 saturated carbocycles. The van der Waals surface area contributed by atoms with E-state index in [-0.39, 0.29) is 36.2 Å². The Kier molecular flexibility index (Phi) is 8.39. The lowest BCUT2D eigenvalue weighted by atomic mass is 10.0. The van der Waals surface area contributed by atoms with E-state index in [2.05, 4.69) is 13.8 Å². The Morgan fingerprint density at radius 2 is 1.96 bits per heavy atom. The van der Waals surface area contributed by atoms with Crippen molar-refractivity contribution < 1.29 is 9.59 Å². The minimum absolute atomic E-state index is 0. The van der Waals surface area contributed by atoms with E-state index in [1.165, 1.54) is 0 Å². The van der Waals surface area contributed by atoms with Crippen LogP contribution in [0.2, 0.25) is 0 Å². The van der Waals surface area contributed by atoms with Crippen molar-refractivity contribution in [2.24, 2.45) is 17.6 Å². The maximum absolute atomic E-state index is 12.6. The molecule has 2 amide bonds. The molecule has 1 heterocycles. The van der Waals surface area contributed by atoms with E-state index in [4.69, 9.17) is 5.73 Å². The molecule has 1 aliphatic heterocycles. The fraction of sp³-hybridized carbons (Fsp3) is 0.579. The van der Waals surface area contributed by atoms with E-state index in [1.807, 2.05) is 30.3 Å². The predicted molar refractivity (Wildman–Crippen MR) is 102 cm³/mol. The fourth-order valence-corrected chi connectivity index (χ4v) is 2.99. The molecule has 1 aromatic rings. The molecule has 1 aromatic carbocycles. The Balaban J connectivity index is 0.00000312. The molecule has 25 heavy (non-hydrogen) atoms. The molecule has 0 radical (unpaired) electrons. The first kappa shape index (κ1) is 21.5. The average molecular weight is 368 g/mol. The van der Waals surface area contributed by atoms with Gasteiger partial charge in [-0.3, -0.25) is 9.59 Å². The molecule has 0 spiro atoms. The van der Waals surface area contributed by atoms with Gasteiger partial charge < -0.3 is 15.5 Å². The molecule has 2 rings (SSSR count). The van der Waals surface area contributed by atoms with E-state index in [0.29, 0.717) is 32.0 Å². The van der Waals surface area contributed by atoms with Gasteiger partial charge in [0.05, 0.1) is 5.92 Å². The summed E-state index contributed by atoms with van der Waals surface area (Å²) in [5, 5.41) is 0. The number of rotatable bonds is 7. The number of nitrogens with zero attached hydrogens (tertiary/aromatic N) is 2. The number of hydrogen-bond donors (Lipinski definition) is 1. The van der Waals surface area contributed by atoms with Crippen LogP contribution in [0, 0.1) is 11.8 Å². The number of halogens is 1. The molecular weight excluding hydrogens is 338 g/mol. The van der Waals surface area contributed by atoms with Crippen molar-refractivity contribution in [3.63, 3.8) is 0 Å². The molecule has 2 N–H and O–H groups in total. The molecule has 1 saturated heterocycles. The van der Waals surface area contributed by atoms with Crippen molar-refractivity contribution in [1.29, 1.82) is 0 Å². The van der Waals surface area contributed by atoms with Gasteiger partial charge in [-0.05, 0) is 17.9 Å². The standard InChI is InChI=1S/C19H29N3O2.ClH/c1-14(2)17(20)9-10-21(3)19(24)16-11-18(23)22(13-16)12-15-7-5-4-6-8-15;/h4-8,14,16-17H,9-13,20H2,1-3H3;1H. The van der Waals surface area contributed by atoms with Crippen LogP contribution < -0.4 is 5.73 Å². The van der Waals surface area contributed by atoms with Crippen molar-refractivity contribution >= 4 is 24.2 Å². The Labute approximate surface area is 157 Å². The van der Waals surface area contributed by atoms with Crippen LogP contribution in [-0.4, -0.2) is 47.8 Å². The maximum atomic E-state index is 12.6. The third kappa shape index (κ3) is 6.01. The first-order valence-electron chi connectivity index (χ1n) is 8.70. The van der Waals surface area contributed by atoms with E-state index >= 15 is 0 Å². The van der Waals surface area contributed by atoms with Crippen molar-refractivity contribution in [1.82, 2.24) is 9.80 Å². The summed E-state index contributed by atoms with van der Waals surface area (Å²) < 4.78 is 0. The van der Waals surface area contributed by atoms with Gasteiger partial charge in [0.1, 0.15) is 0 Å². The predicted octanol–water partition coefficient (Wildman–Crippen LogP) is 2.29. The molecule has 0 bridgehead atoms. The molecule has 2 atom stereocenters. The smallest absolute Gasteiger partial charge is 0.227 e. The minimum atomic E-state index is -0.235. The summed E-state index contributed by atoms with van der Waals surface area (Å²) >= 11 is 0. The van der Waals surface area contributed by atoms with Gasteiger partial charge in [0.2, 0.25) is 11.8 Å². The molecular formula is C19H30ClN3O2. The van der Waals surface area contributed by atoms with Gasteiger partial charge in [-0.1, -0.05) is 44.2 Å². The van der Waals surface area contributed by atoms with Crippen LogP contribution in [-0.2, 0) is 16.1 Å². The van der Waals surface area contributed by atoms with Crippen LogP contribution >= 0.6 is 12.4 Å². The highest BCUT2D eigenvalue weighted by Crippen LogP contribution is 2.22. The number of benzene rings is 1. The normalized spacial score (nSPS) is 18.2. The van der Waals surface area contributed by atoms with Crippen LogP contribution in [0.25, 0.3) is 0 Å². The number of hydrogen-bond acceptors (Lipinski definition) is 3. The summed E-state index contributed by atoms with van der Waals surface area (Å²) in [7, 11) is 1.81. The summed E-state index contributed by atoms with van der Waals surface area (Å²) in [6.07, 6.45) is 1.10. The number of carbonyl (C=O) groups excluding carboxylic acids is 2. The van der Waals surface area contributed by atoms with E-state index < -0.39 is 0 Å². The third-order valence-corrected chi connectivity index (χ3v) is 4.81. The Bertz CT molecular complexity index is 565. The summed E-state index contributed by atoms with van der Waals surface area (Å²) in [5.41, 5.74) is 7.14. The summed E-state index contributed by atoms with van der Waals surface area (Å²) in [4.78, 5) is 28.3. The lowest BCUT2D eigenvalue weighted by Crippen LogP contribution is -2.38. The molecule has 1 aliphatic rings. The second kappa shape index (κ2) is 9.78. The molecule has 0 aliphatic carbocycles. The van der Waals surface area contributed by atoms with Crippen molar-refractivity contribution in [3.05, 3.63) is 35.9 Å². The first-order chi connectivity index (χ1) is 11.4. The zero-order valence-electron chi connectivity index (χ0n) is 15.4. The lowest BCUT2D eigenvalue weighted by Gasteiger charge is -2.24. The molecule has 140 valence electrons. The van der Waals surface area contributed by atoms with Gasteiger partial charge in [0, 0.05) is 39.1 Å². The zero-order chi connectivity index (χ0) is 17.7. The second-order valence-electron chi connectivity index (χ2n) is 7.12. The molecule has 0 aromatic heterocycles. The zero-order valence-corrected chi connectivity index (χ0v) is 16.2. The SMILES string of the molecule is CC(C)C(N)CCN(C)C(=O)C1CC(=O)N(Cc2ccccc2)C1.Cl. The fourth-order valence-electron chi connectivity index (χ4n) is 2.99. The second-order valence-corrected chi connectivity index (χ2v) is 7.12. The first-order valence-corrected chi connectivity index (χ1v) is 8.70. The molecule has 5 nitrogen and oxygen atoms in total. The third-order valence-electron chi connectivity index (χ3n) is 4.81. The van der Waals surface area contributed by atoms with Crippen LogP contribution in [0.4, 0.5) is 0 Å². The number of carbonyl (C=O) groups is 2. The van der Waals surface area contributed by atoms with Crippen LogP contribution in [0.15, 0.2) is 30.3 Å². The Morgan fingerprint density at radius 1 is 1.32 bits per heavy atom. The minimum Gasteiger partial charge on any atom is -0.345 e. The average Bonchev–Trinajstić information content (AvgIpc) is 2.93. The summed E-state index contributed by atoms with van der Waals surface area (Å²) in [5.74, 6) is 0.281. The van der Waals surface area contributed by atoms with Gasteiger partial charge in [-0.15, -0.1) is 12.4 Å².